The standard InChI is InChI=1S/C27H26N4O3S/c1-19-12-14-20(15-13-19)27-24(18-30(29-27)22-9-5-4-6-10-22)26-17-25(28-31(26)35(3,32)33)21-8-7-11-23(16-21)34-2/h4-16,18,26H,17H2,1-3H3/t26-/m0/s1. The van der Waals surface area contributed by atoms with Crippen LogP contribution in [-0.2, 0) is 10.0 Å². The van der Waals surface area contributed by atoms with Crippen molar-refractivity contribution in [2.45, 2.75) is 19.4 Å². The van der Waals surface area contributed by atoms with Crippen LogP contribution in [0.4, 0.5) is 0 Å². The van der Waals surface area contributed by atoms with E-state index in [9.17, 15) is 8.42 Å². The molecule has 1 aliphatic rings. The Morgan fingerprint density at radius 1 is 0.943 bits per heavy atom. The van der Waals surface area contributed by atoms with Crippen LogP contribution in [0.5, 0.6) is 5.75 Å². The van der Waals surface area contributed by atoms with Gasteiger partial charge < -0.3 is 4.74 Å². The van der Waals surface area contributed by atoms with Crippen molar-refractivity contribution in [1.29, 1.82) is 0 Å². The third kappa shape index (κ3) is 4.57. The molecule has 0 saturated heterocycles. The molecule has 0 amide bonds. The molecule has 3 aromatic carbocycles. The molecule has 0 N–H and O–H groups in total. The molecule has 0 unspecified atom stereocenters. The van der Waals surface area contributed by atoms with Crippen LogP contribution in [0.25, 0.3) is 16.9 Å². The van der Waals surface area contributed by atoms with Crippen molar-refractivity contribution >= 4 is 15.7 Å². The summed E-state index contributed by atoms with van der Waals surface area (Å²) in [4.78, 5) is 0. The third-order valence-electron chi connectivity index (χ3n) is 6.06. The number of aromatic nitrogens is 2. The number of methoxy groups -OCH3 is 1. The van der Waals surface area contributed by atoms with E-state index < -0.39 is 16.1 Å². The topological polar surface area (TPSA) is 76.8 Å². The highest BCUT2D eigenvalue weighted by Gasteiger charge is 2.37. The molecule has 0 aliphatic carbocycles. The lowest BCUT2D eigenvalue weighted by Crippen LogP contribution is -2.26. The molecule has 35 heavy (non-hydrogen) atoms. The van der Waals surface area contributed by atoms with Crippen LogP contribution in [0.2, 0.25) is 0 Å². The molecule has 1 aromatic heterocycles. The van der Waals surface area contributed by atoms with Crippen molar-refractivity contribution in [1.82, 2.24) is 14.2 Å². The zero-order valence-electron chi connectivity index (χ0n) is 19.8. The summed E-state index contributed by atoms with van der Waals surface area (Å²) in [5.41, 5.74) is 5.99. The summed E-state index contributed by atoms with van der Waals surface area (Å²) in [6.45, 7) is 2.03. The molecule has 0 radical (unpaired) electrons. The second-order valence-electron chi connectivity index (χ2n) is 8.61. The summed E-state index contributed by atoms with van der Waals surface area (Å²) in [5, 5.41) is 9.45. The minimum absolute atomic E-state index is 0.416. The van der Waals surface area contributed by atoms with Gasteiger partial charge in [-0.15, -0.1) is 0 Å². The van der Waals surface area contributed by atoms with Crippen LogP contribution in [0.15, 0.2) is 90.2 Å². The van der Waals surface area contributed by atoms with Gasteiger partial charge in [-0.05, 0) is 31.2 Å². The van der Waals surface area contributed by atoms with Crippen LogP contribution in [0.3, 0.4) is 0 Å². The molecule has 4 aromatic rings. The molecule has 0 bridgehead atoms. The number of hydrazone groups is 1. The Hall–Kier alpha value is -3.91. The summed E-state index contributed by atoms with van der Waals surface area (Å²) in [5.74, 6) is 0.691. The highest BCUT2D eigenvalue weighted by Crippen LogP contribution is 2.39. The minimum Gasteiger partial charge on any atom is -0.497 e. The maximum Gasteiger partial charge on any atom is 0.247 e. The maximum absolute atomic E-state index is 12.9. The Balaban J connectivity index is 1.64. The molecule has 5 rings (SSSR count). The Labute approximate surface area is 205 Å². The zero-order chi connectivity index (χ0) is 24.6. The fourth-order valence-corrected chi connectivity index (χ4v) is 5.18. The lowest BCUT2D eigenvalue weighted by Gasteiger charge is -2.21. The monoisotopic (exact) mass is 486 g/mol. The quantitative estimate of drug-likeness (QED) is 0.386. The Morgan fingerprint density at radius 3 is 2.37 bits per heavy atom. The molecule has 0 saturated carbocycles. The Kier molecular flexibility index (Phi) is 5.90. The average Bonchev–Trinajstić information content (AvgIpc) is 3.50. The van der Waals surface area contributed by atoms with Crippen LogP contribution in [-0.4, -0.2) is 41.7 Å². The predicted molar refractivity (Wildman–Crippen MR) is 137 cm³/mol. The van der Waals surface area contributed by atoms with Crippen molar-refractivity contribution in [3.63, 3.8) is 0 Å². The van der Waals surface area contributed by atoms with Gasteiger partial charge in [0.2, 0.25) is 10.0 Å². The van der Waals surface area contributed by atoms with Gasteiger partial charge in [-0.25, -0.2) is 13.1 Å². The molecule has 178 valence electrons. The third-order valence-corrected chi connectivity index (χ3v) is 7.08. The van der Waals surface area contributed by atoms with E-state index in [0.717, 1.165) is 33.6 Å². The van der Waals surface area contributed by atoms with Gasteiger partial charge >= 0.3 is 0 Å². The lowest BCUT2D eigenvalue weighted by molar-refractivity contribution is 0.375. The number of rotatable bonds is 6. The highest BCUT2D eigenvalue weighted by molar-refractivity contribution is 7.88. The fourth-order valence-electron chi connectivity index (χ4n) is 4.28. The van der Waals surface area contributed by atoms with Gasteiger partial charge in [0.05, 0.1) is 36.5 Å². The van der Waals surface area contributed by atoms with Crippen molar-refractivity contribution in [2.75, 3.05) is 13.4 Å². The first-order valence-electron chi connectivity index (χ1n) is 11.3. The van der Waals surface area contributed by atoms with Gasteiger partial charge in [-0.1, -0.05) is 60.2 Å². The lowest BCUT2D eigenvalue weighted by atomic mass is 9.97. The number of benzene rings is 3. The molecule has 1 aliphatic heterocycles. The molecule has 8 heteroatoms. The van der Waals surface area contributed by atoms with E-state index in [1.165, 1.54) is 10.7 Å². The smallest absolute Gasteiger partial charge is 0.247 e. The summed E-state index contributed by atoms with van der Waals surface area (Å²) in [6.07, 6.45) is 3.52. The number of hydrogen-bond donors (Lipinski definition) is 0. The summed E-state index contributed by atoms with van der Waals surface area (Å²) in [6, 6.07) is 24.9. The number of hydrogen-bond acceptors (Lipinski definition) is 5. The minimum atomic E-state index is -3.64. The van der Waals surface area contributed by atoms with Gasteiger partial charge in [0.1, 0.15) is 5.75 Å². The second kappa shape index (κ2) is 9.03. The van der Waals surface area contributed by atoms with E-state index in [0.29, 0.717) is 17.9 Å². The van der Waals surface area contributed by atoms with Gasteiger partial charge in [0, 0.05) is 29.3 Å². The van der Waals surface area contributed by atoms with E-state index in [1.54, 1.807) is 11.8 Å². The van der Waals surface area contributed by atoms with Crippen LogP contribution >= 0.6 is 0 Å². The fraction of sp³-hybridized carbons (Fsp3) is 0.185. The molecule has 0 fully saturated rings. The van der Waals surface area contributed by atoms with Crippen molar-refractivity contribution in [3.8, 4) is 22.7 Å². The van der Waals surface area contributed by atoms with E-state index in [1.807, 2.05) is 92.0 Å². The second-order valence-corrected chi connectivity index (χ2v) is 10.5. The number of aryl methyl sites for hydroxylation is 1. The average molecular weight is 487 g/mol. The van der Waals surface area contributed by atoms with Gasteiger partial charge in [0.15, 0.2) is 0 Å². The predicted octanol–water partition coefficient (Wildman–Crippen LogP) is 4.97. The van der Waals surface area contributed by atoms with Crippen molar-refractivity contribution < 1.29 is 13.2 Å². The first-order valence-corrected chi connectivity index (χ1v) is 13.1. The first-order chi connectivity index (χ1) is 16.8. The summed E-state index contributed by atoms with van der Waals surface area (Å²) < 4.78 is 34.1. The largest absolute Gasteiger partial charge is 0.497 e. The number of ether oxygens (including phenoxy) is 1. The molecule has 1 atom stereocenters. The first kappa shape index (κ1) is 22.9. The molecular weight excluding hydrogens is 460 g/mol. The van der Waals surface area contributed by atoms with E-state index in [-0.39, 0.29) is 0 Å². The van der Waals surface area contributed by atoms with Crippen molar-refractivity contribution in [3.05, 3.63) is 102 Å². The van der Waals surface area contributed by atoms with E-state index >= 15 is 0 Å². The maximum atomic E-state index is 12.9. The van der Waals surface area contributed by atoms with Gasteiger partial charge in [-0.2, -0.15) is 14.6 Å². The normalized spacial score (nSPS) is 15.8. The zero-order valence-corrected chi connectivity index (χ0v) is 20.6. The molecule has 0 spiro atoms. The van der Waals surface area contributed by atoms with Crippen LogP contribution in [0.1, 0.15) is 29.2 Å². The number of para-hydroxylation sites is 1. The molecule has 7 nitrogen and oxygen atoms in total. The van der Waals surface area contributed by atoms with Crippen molar-refractivity contribution in [2.24, 2.45) is 5.10 Å². The Bertz CT molecular complexity index is 1490. The van der Waals surface area contributed by atoms with Gasteiger partial charge in [-0.3, -0.25) is 0 Å². The molecule has 2 heterocycles. The molecular formula is C27H26N4O3S. The number of nitrogens with zero attached hydrogens (tertiary/aromatic N) is 4. The SMILES string of the molecule is COc1cccc(C2=NN(S(C)(=O)=O)[C@H](c3cn(-c4ccccc4)nc3-c3ccc(C)cc3)C2)c1. The van der Waals surface area contributed by atoms with Crippen LogP contribution < -0.4 is 4.74 Å². The highest BCUT2D eigenvalue weighted by atomic mass is 32.2. The summed E-state index contributed by atoms with van der Waals surface area (Å²) >= 11 is 0. The number of sulfonamides is 1. The van der Waals surface area contributed by atoms with E-state index in [4.69, 9.17) is 9.84 Å². The van der Waals surface area contributed by atoms with Crippen LogP contribution in [0, 0.1) is 6.92 Å². The Morgan fingerprint density at radius 2 is 1.69 bits per heavy atom. The summed E-state index contributed by atoms with van der Waals surface area (Å²) in [7, 11) is -2.04. The van der Waals surface area contributed by atoms with E-state index in [2.05, 4.69) is 5.10 Å². The van der Waals surface area contributed by atoms with Gasteiger partial charge in [0.25, 0.3) is 0 Å².